The molecule has 6 nitrogen and oxygen atoms in total. The second-order valence-corrected chi connectivity index (χ2v) is 9.24. The number of nitrogens with one attached hydrogen (secondary N) is 1. The maximum absolute atomic E-state index is 11.3. The van der Waals surface area contributed by atoms with E-state index in [-0.39, 0.29) is 17.6 Å². The van der Waals surface area contributed by atoms with E-state index in [4.69, 9.17) is 12.2 Å². The molecule has 2 aromatic heterocycles. The Bertz CT molecular complexity index is 1410. The first-order valence-electron chi connectivity index (χ1n) is 11.4. The molecule has 5 rings (SSSR count). The van der Waals surface area contributed by atoms with Crippen LogP contribution in [0.1, 0.15) is 50.7 Å². The summed E-state index contributed by atoms with van der Waals surface area (Å²) in [5, 5.41) is 13.5. The van der Waals surface area contributed by atoms with Gasteiger partial charge in [0.05, 0.1) is 23.3 Å². The fourth-order valence-corrected chi connectivity index (χ4v) is 5.31. The van der Waals surface area contributed by atoms with Gasteiger partial charge in [-0.2, -0.15) is 0 Å². The summed E-state index contributed by atoms with van der Waals surface area (Å²) in [5.41, 5.74) is 7.56. The highest BCUT2D eigenvalue weighted by Gasteiger charge is 2.42. The lowest BCUT2D eigenvalue weighted by Crippen LogP contribution is -2.29. The summed E-state index contributed by atoms with van der Waals surface area (Å²) in [6, 6.07) is 23.2. The fourth-order valence-electron chi connectivity index (χ4n) is 4.96. The molecule has 3 heterocycles. The van der Waals surface area contributed by atoms with Gasteiger partial charge in [-0.3, -0.25) is 4.98 Å². The number of anilines is 1. The first-order valence-corrected chi connectivity index (χ1v) is 11.9. The van der Waals surface area contributed by atoms with E-state index in [0.717, 1.165) is 39.6 Å². The third-order valence-electron chi connectivity index (χ3n) is 6.54. The smallest absolute Gasteiger partial charge is 0.335 e. The van der Waals surface area contributed by atoms with Crippen molar-refractivity contribution in [3.8, 4) is 5.69 Å². The topological polar surface area (TPSA) is 70.4 Å². The van der Waals surface area contributed by atoms with Crippen molar-refractivity contribution in [1.29, 1.82) is 0 Å². The van der Waals surface area contributed by atoms with E-state index >= 15 is 0 Å². The van der Waals surface area contributed by atoms with Crippen molar-refractivity contribution >= 4 is 29.0 Å². The molecule has 0 unspecified atom stereocenters. The van der Waals surface area contributed by atoms with Crippen LogP contribution in [0.3, 0.4) is 0 Å². The van der Waals surface area contributed by atoms with Crippen LogP contribution in [0.25, 0.3) is 5.69 Å². The molecule has 0 saturated carbocycles. The highest BCUT2D eigenvalue weighted by molar-refractivity contribution is 7.80. The molecule has 0 radical (unpaired) electrons. The average molecular weight is 483 g/mol. The second kappa shape index (κ2) is 9.00. The zero-order valence-corrected chi connectivity index (χ0v) is 20.6. The van der Waals surface area contributed by atoms with E-state index in [0.29, 0.717) is 5.11 Å². The van der Waals surface area contributed by atoms with Crippen LogP contribution >= 0.6 is 12.2 Å². The first-order chi connectivity index (χ1) is 16.8. The van der Waals surface area contributed by atoms with Crippen LogP contribution in [0.15, 0.2) is 79.0 Å². The zero-order chi connectivity index (χ0) is 24.7. The van der Waals surface area contributed by atoms with E-state index < -0.39 is 5.97 Å². The van der Waals surface area contributed by atoms with Gasteiger partial charge in [-0.25, -0.2) is 4.79 Å². The third-order valence-corrected chi connectivity index (χ3v) is 6.85. The molecule has 35 heavy (non-hydrogen) atoms. The minimum Gasteiger partial charge on any atom is -0.478 e. The predicted octanol–water partition coefficient (Wildman–Crippen LogP) is 5.67. The predicted molar refractivity (Wildman–Crippen MR) is 141 cm³/mol. The highest BCUT2D eigenvalue weighted by atomic mass is 32.1. The number of carbonyl (C=O) groups is 1. The molecule has 2 aromatic carbocycles. The molecule has 1 aliphatic heterocycles. The van der Waals surface area contributed by atoms with Gasteiger partial charge < -0.3 is 19.9 Å². The maximum Gasteiger partial charge on any atom is 0.335 e. The summed E-state index contributed by atoms with van der Waals surface area (Å²) in [4.78, 5) is 18.2. The summed E-state index contributed by atoms with van der Waals surface area (Å²) in [6.07, 6.45) is 1.81. The van der Waals surface area contributed by atoms with Crippen molar-refractivity contribution in [3.63, 3.8) is 0 Å². The molecule has 0 aliphatic carbocycles. The van der Waals surface area contributed by atoms with Crippen molar-refractivity contribution in [2.45, 2.75) is 32.9 Å². The number of aromatic carboxylic acids is 1. The summed E-state index contributed by atoms with van der Waals surface area (Å²) in [7, 11) is 0. The van der Waals surface area contributed by atoms with E-state index in [1.54, 1.807) is 18.3 Å². The van der Waals surface area contributed by atoms with E-state index in [1.165, 1.54) is 0 Å². The van der Waals surface area contributed by atoms with Crippen LogP contribution in [-0.2, 0) is 0 Å². The number of thiocarbonyl (C=S) groups is 1. The molecule has 1 fully saturated rings. The van der Waals surface area contributed by atoms with Gasteiger partial charge in [0.2, 0.25) is 0 Å². The monoisotopic (exact) mass is 482 g/mol. The molecular weight excluding hydrogens is 456 g/mol. The molecule has 1 aliphatic rings. The van der Waals surface area contributed by atoms with Crippen LogP contribution in [0.2, 0.25) is 0 Å². The zero-order valence-electron chi connectivity index (χ0n) is 19.8. The normalized spacial score (nSPS) is 17.5. The number of aryl methyl sites for hydroxylation is 2. The Morgan fingerprint density at radius 2 is 1.74 bits per heavy atom. The Balaban J connectivity index is 1.66. The third kappa shape index (κ3) is 4.08. The van der Waals surface area contributed by atoms with Crippen molar-refractivity contribution < 1.29 is 9.90 Å². The standard InChI is InChI=1S/C28H26N4O2S/c1-17-7-6-8-22(15-17)32-26(25(30-28(32)35)24-9-4-5-14-29-24)23-16-18(2)31(19(23)3)21-12-10-20(11-13-21)27(33)34/h4-16,25-26H,1-3H3,(H,30,35)(H,33,34)/t25-,26-/m1/s1. The van der Waals surface area contributed by atoms with Gasteiger partial charge in [0.15, 0.2) is 5.11 Å². The lowest BCUT2D eigenvalue weighted by molar-refractivity contribution is 0.0697. The van der Waals surface area contributed by atoms with Gasteiger partial charge in [-0.05, 0) is 98.7 Å². The lowest BCUT2D eigenvalue weighted by Gasteiger charge is -2.28. The number of carboxylic acids is 1. The first kappa shape index (κ1) is 22.8. The number of carboxylic acid groups (broad SMARTS) is 1. The highest BCUT2D eigenvalue weighted by Crippen LogP contribution is 2.43. The van der Waals surface area contributed by atoms with Gasteiger partial charge in [0.1, 0.15) is 0 Å². The number of aromatic nitrogens is 2. The van der Waals surface area contributed by atoms with Crippen LogP contribution in [0.5, 0.6) is 0 Å². The number of hydrogen-bond donors (Lipinski definition) is 2. The minimum absolute atomic E-state index is 0.113. The van der Waals surface area contributed by atoms with Crippen LogP contribution in [0, 0.1) is 20.8 Å². The number of hydrogen-bond acceptors (Lipinski definition) is 3. The summed E-state index contributed by atoms with van der Waals surface area (Å²) < 4.78 is 2.16. The van der Waals surface area contributed by atoms with Gasteiger partial charge in [0, 0.05) is 29.0 Å². The van der Waals surface area contributed by atoms with E-state index in [9.17, 15) is 9.90 Å². The Labute approximate surface area is 209 Å². The Kier molecular flexibility index (Phi) is 5.86. The Morgan fingerprint density at radius 1 is 0.971 bits per heavy atom. The summed E-state index contributed by atoms with van der Waals surface area (Å²) in [5.74, 6) is -0.935. The molecule has 0 bridgehead atoms. The van der Waals surface area contributed by atoms with Gasteiger partial charge in [0.25, 0.3) is 0 Å². The maximum atomic E-state index is 11.3. The molecule has 2 atom stereocenters. The number of pyridine rings is 1. The fraction of sp³-hybridized carbons (Fsp3) is 0.179. The molecule has 7 heteroatoms. The summed E-state index contributed by atoms with van der Waals surface area (Å²) in [6.45, 7) is 6.24. The van der Waals surface area contributed by atoms with Gasteiger partial charge in [-0.15, -0.1) is 0 Å². The molecule has 0 spiro atoms. The molecule has 1 saturated heterocycles. The van der Waals surface area contributed by atoms with Gasteiger partial charge >= 0.3 is 5.97 Å². The molecule has 2 N–H and O–H groups in total. The molecule has 176 valence electrons. The minimum atomic E-state index is -0.935. The molecule has 0 amide bonds. The van der Waals surface area contributed by atoms with Crippen molar-refractivity contribution in [1.82, 2.24) is 14.9 Å². The van der Waals surface area contributed by atoms with Gasteiger partial charge in [-0.1, -0.05) is 18.2 Å². The number of rotatable bonds is 5. The average Bonchev–Trinajstić information content (AvgIpc) is 3.34. The van der Waals surface area contributed by atoms with Crippen molar-refractivity contribution in [3.05, 3.63) is 113 Å². The van der Waals surface area contributed by atoms with Crippen LogP contribution in [-0.4, -0.2) is 25.7 Å². The number of nitrogens with zero attached hydrogens (tertiary/aromatic N) is 3. The van der Waals surface area contributed by atoms with E-state index in [2.05, 4.69) is 64.8 Å². The van der Waals surface area contributed by atoms with Crippen molar-refractivity contribution in [2.24, 2.45) is 0 Å². The summed E-state index contributed by atoms with van der Waals surface area (Å²) >= 11 is 5.86. The lowest BCUT2D eigenvalue weighted by atomic mass is 9.96. The Hall–Kier alpha value is -3.97. The molecule has 4 aromatic rings. The number of benzene rings is 2. The van der Waals surface area contributed by atoms with Crippen LogP contribution < -0.4 is 10.2 Å². The molecular formula is C28H26N4O2S. The largest absolute Gasteiger partial charge is 0.478 e. The quantitative estimate of drug-likeness (QED) is 0.357. The SMILES string of the molecule is Cc1cccc(N2C(=S)N[C@H](c3ccccn3)[C@H]2c2cc(C)n(-c3ccc(C(=O)O)cc3)c2C)c1. The Morgan fingerprint density at radius 3 is 2.40 bits per heavy atom. The second-order valence-electron chi connectivity index (χ2n) is 8.85. The van der Waals surface area contributed by atoms with E-state index in [1.807, 2.05) is 36.4 Å². The van der Waals surface area contributed by atoms with Crippen molar-refractivity contribution in [2.75, 3.05) is 4.90 Å². The van der Waals surface area contributed by atoms with Crippen LogP contribution in [0.4, 0.5) is 5.69 Å².